The van der Waals surface area contributed by atoms with E-state index in [1.807, 2.05) is 0 Å². The van der Waals surface area contributed by atoms with Crippen LogP contribution in [0.25, 0.3) is 11.1 Å². The van der Waals surface area contributed by atoms with Crippen LogP contribution >= 0.6 is 23.2 Å². The van der Waals surface area contributed by atoms with Crippen molar-refractivity contribution in [1.82, 2.24) is 4.90 Å². The number of guanidine groups is 1. The van der Waals surface area contributed by atoms with Crippen molar-refractivity contribution in [2.45, 2.75) is 18.1 Å². The van der Waals surface area contributed by atoms with Gasteiger partial charge in [0, 0.05) is 29.1 Å². The van der Waals surface area contributed by atoms with Crippen LogP contribution in [0.1, 0.15) is 12.0 Å². The summed E-state index contributed by atoms with van der Waals surface area (Å²) in [6, 6.07) is 16.6. The molecule has 34 heavy (non-hydrogen) atoms. The standard InChI is InChI=1S/C25H20Cl2FN3O3/c1-31-23(32)25(30-24(31)29)12-20(13-33-19-4-2-3-16(26)11-19)34-22-6-5-14(9-21(22)25)15-7-17(27)10-18(28)8-15/h2-11,20H,12-13H2,1H3,(H2,29,30)/t20?,25-/m1/s1. The normalized spacial score (nSPS) is 21.3. The summed E-state index contributed by atoms with van der Waals surface area (Å²) in [5.41, 5.74) is 6.58. The van der Waals surface area contributed by atoms with Gasteiger partial charge in [-0.3, -0.25) is 9.69 Å². The van der Waals surface area contributed by atoms with Gasteiger partial charge in [0.15, 0.2) is 11.5 Å². The van der Waals surface area contributed by atoms with Crippen molar-refractivity contribution in [2.75, 3.05) is 13.7 Å². The number of halogens is 3. The topological polar surface area (TPSA) is 77.2 Å². The van der Waals surface area contributed by atoms with Crippen LogP contribution in [0.2, 0.25) is 10.0 Å². The molecule has 2 aliphatic heterocycles. The van der Waals surface area contributed by atoms with Crippen LogP contribution in [0.4, 0.5) is 4.39 Å². The Hall–Kier alpha value is -3.29. The van der Waals surface area contributed by atoms with Gasteiger partial charge in [0.05, 0.1) is 0 Å². The molecule has 1 amide bonds. The first kappa shape index (κ1) is 22.5. The molecule has 0 aliphatic carbocycles. The Kier molecular flexibility index (Phi) is 5.62. The van der Waals surface area contributed by atoms with E-state index >= 15 is 0 Å². The van der Waals surface area contributed by atoms with Gasteiger partial charge < -0.3 is 15.2 Å². The monoisotopic (exact) mass is 499 g/mol. The third-order valence-electron chi connectivity index (χ3n) is 5.98. The van der Waals surface area contributed by atoms with E-state index in [4.69, 9.17) is 38.4 Å². The highest BCUT2D eigenvalue weighted by Crippen LogP contribution is 2.47. The van der Waals surface area contributed by atoms with Gasteiger partial charge in [-0.1, -0.05) is 35.3 Å². The number of carbonyl (C=O) groups excluding carboxylic acids is 1. The van der Waals surface area contributed by atoms with Gasteiger partial charge in [-0.15, -0.1) is 0 Å². The second-order valence-electron chi connectivity index (χ2n) is 8.28. The molecule has 9 heteroatoms. The quantitative estimate of drug-likeness (QED) is 0.547. The summed E-state index contributed by atoms with van der Waals surface area (Å²) in [7, 11) is 1.58. The average Bonchev–Trinajstić information content (AvgIpc) is 3.01. The van der Waals surface area contributed by atoms with Crippen LogP contribution in [0, 0.1) is 5.82 Å². The predicted molar refractivity (Wildman–Crippen MR) is 129 cm³/mol. The molecule has 0 saturated heterocycles. The molecular formula is C25H20Cl2FN3O3. The molecule has 2 heterocycles. The van der Waals surface area contributed by atoms with Crippen molar-refractivity contribution in [3.05, 3.63) is 82.1 Å². The summed E-state index contributed by atoms with van der Waals surface area (Å²) < 4.78 is 26.1. The summed E-state index contributed by atoms with van der Waals surface area (Å²) in [5.74, 6) is 0.469. The number of hydrogen-bond donors (Lipinski definition) is 1. The average molecular weight is 500 g/mol. The predicted octanol–water partition coefficient (Wildman–Crippen LogP) is 5.01. The van der Waals surface area contributed by atoms with Crippen LogP contribution in [0.15, 0.2) is 65.7 Å². The van der Waals surface area contributed by atoms with Gasteiger partial charge in [0.1, 0.15) is 30.0 Å². The molecule has 0 saturated carbocycles. The number of hydrogen-bond acceptors (Lipinski definition) is 5. The van der Waals surface area contributed by atoms with E-state index in [0.717, 1.165) is 0 Å². The number of nitrogens with two attached hydrogens (primary N) is 1. The molecule has 1 unspecified atom stereocenters. The van der Waals surface area contributed by atoms with Crippen LogP contribution in [-0.4, -0.2) is 36.5 Å². The highest BCUT2D eigenvalue weighted by Gasteiger charge is 2.53. The van der Waals surface area contributed by atoms with E-state index in [0.29, 0.717) is 33.2 Å². The van der Waals surface area contributed by atoms with Crippen LogP contribution in [0.5, 0.6) is 11.5 Å². The van der Waals surface area contributed by atoms with Gasteiger partial charge in [0.2, 0.25) is 0 Å². The zero-order valence-electron chi connectivity index (χ0n) is 18.1. The SMILES string of the molecule is CN1C(=O)[C@]2(CC(COc3cccc(Cl)c3)Oc3ccc(-c4cc(F)cc(Cl)c4)cc32)N=C1N. The molecule has 2 N–H and O–H groups in total. The fourth-order valence-corrected chi connectivity index (χ4v) is 4.77. The number of aliphatic imine (C=N–C) groups is 1. The number of ether oxygens (including phenoxy) is 2. The number of benzene rings is 3. The van der Waals surface area contributed by atoms with E-state index < -0.39 is 17.5 Å². The Balaban J connectivity index is 1.53. The fourth-order valence-electron chi connectivity index (χ4n) is 4.36. The van der Waals surface area contributed by atoms with Crippen LogP contribution < -0.4 is 15.2 Å². The fraction of sp³-hybridized carbons (Fsp3) is 0.200. The second-order valence-corrected chi connectivity index (χ2v) is 9.15. The Bertz CT molecular complexity index is 1310. The lowest BCUT2D eigenvalue weighted by Crippen LogP contribution is -2.47. The van der Waals surface area contributed by atoms with Crippen LogP contribution in [0.3, 0.4) is 0 Å². The van der Waals surface area contributed by atoms with Crippen molar-refractivity contribution in [1.29, 1.82) is 0 Å². The molecule has 174 valence electrons. The van der Waals surface area contributed by atoms with Crippen molar-refractivity contribution in [2.24, 2.45) is 10.7 Å². The van der Waals surface area contributed by atoms with Crippen molar-refractivity contribution >= 4 is 35.1 Å². The van der Waals surface area contributed by atoms with Gasteiger partial charge in [-0.05, 0) is 59.7 Å². The maximum absolute atomic E-state index is 14.0. The highest BCUT2D eigenvalue weighted by molar-refractivity contribution is 6.31. The molecule has 5 rings (SSSR count). The largest absolute Gasteiger partial charge is 0.490 e. The van der Waals surface area contributed by atoms with E-state index in [-0.39, 0.29) is 29.9 Å². The van der Waals surface area contributed by atoms with Crippen molar-refractivity contribution in [3.63, 3.8) is 0 Å². The Morgan fingerprint density at radius 2 is 1.97 bits per heavy atom. The van der Waals surface area contributed by atoms with Gasteiger partial charge in [-0.25, -0.2) is 9.38 Å². The minimum Gasteiger partial charge on any atom is -0.490 e. The number of nitrogens with zero attached hydrogens (tertiary/aromatic N) is 2. The summed E-state index contributed by atoms with van der Waals surface area (Å²) in [4.78, 5) is 19.3. The maximum atomic E-state index is 14.0. The van der Waals surface area contributed by atoms with E-state index in [1.165, 1.54) is 17.0 Å². The highest BCUT2D eigenvalue weighted by atomic mass is 35.5. The third kappa shape index (κ3) is 3.95. The number of amides is 1. The van der Waals surface area contributed by atoms with Crippen molar-refractivity contribution < 1.29 is 18.7 Å². The Morgan fingerprint density at radius 3 is 2.68 bits per heavy atom. The summed E-state index contributed by atoms with van der Waals surface area (Å²) in [6.45, 7) is 0.176. The number of likely N-dealkylation sites (N-methyl/N-ethyl adjacent to an activating group) is 1. The molecule has 0 aromatic heterocycles. The molecule has 0 radical (unpaired) electrons. The first-order valence-electron chi connectivity index (χ1n) is 10.5. The van der Waals surface area contributed by atoms with E-state index in [1.54, 1.807) is 55.6 Å². The number of rotatable bonds is 4. The third-order valence-corrected chi connectivity index (χ3v) is 6.43. The lowest BCUT2D eigenvalue weighted by Gasteiger charge is -2.36. The molecule has 0 bridgehead atoms. The minimum atomic E-state index is -1.28. The molecule has 3 aromatic carbocycles. The zero-order chi connectivity index (χ0) is 24.0. The number of fused-ring (bicyclic) bond motifs is 2. The summed E-state index contributed by atoms with van der Waals surface area (Å²) >= 11 is 12.1. The molecule has 3 aromatic rings. The first-order chi connectivity index (χ1) is 16.2. The van der Waals surface area contributed by atoms with Crippen LogP contribution in [-0.2, 0) is 10.3 Å². The van der Waals surface area contributed by atoms with E-state index in [2.05, 4.69) is 4.99 Å². The smallest absolute Gasteiger partial charge is 0.261 e. The van der Waals surface area contributed by atoms with Gasteiger partial charge in [0.25, 0.3) is 5.91 Å². The summed E-state index contributed by atoms with van der Waals surface area (Å²) in [5, 5.41) is 0.828. The van der Waals surface area contributed by atoms with Gasteiger partial charge in [-0.2, -0.15) is 0 Å². The molecule has 0 fully saturated rings. The molecule has 2 atom stereocenters. The maximum Gasteiger partial charge on any atom is 0.261 e. The minimum absolute atomic E-state index is 0.117. The summed E-state index contributed by atoms with van der Waals surface area (Å²) in [6.07, 6.45) is -0.259. The van der Waals surface area contributed by atoms with Crippen molar-refractivity contribution in [3.8, 4) is 22.6 Å². The lowest BCUT2D eigenvalue weighted by molar-refractivity contribution is -0.132. The van der Waals surface area contributed by atoms with Gasteiger partial charge >= 0.3 is 0 Å². The lowest BCUT2D eigenvalue weighted by atomic mass is 9.80. The molecule has 2 aliphatic rings. The first-order valence-corrected chi connectivity index (χ1v) is 11.3. The molecular weight excluding hydrogens is 480 g/mol. The molecule has 1 spiro atoms. The zero-order valence-corrected chi connectivity index (χ0v) is 19.6. The van der Waals surface area contributed by atoms with E-state index in [9.17, 15) is 9.18 Å². The second kappa shape index (κ2) is 8.49. The number of carbonyl (C=O) groups is 1. The Morgan fingerprint density at radius 1 is 1.15 bits per heavy atom. The molecule has 6 nitrogen and oxygen atoms in total. The Labute approximate surface area is 205 Å².